The number of carbonyl (C=O) groups is 2. The maximum atomic E-state index is 12.2. The van der Waals surface area contributed by atoms with Gasteiger partial charge in [-0.15, -0.1) is 0 Å². The quantitative estimate of drug-likeness (QED) is 0.615. The molecule has 3 rings (SSSR count). The lowest BCUT2D eigenvalue weighted by Crippen LogP contribution is -2.51. The van der Waals surface area contributed by atoms with E-state index in [0.717, 1.165) is 25.7 Å². The summed E-state index contributed by atoms with van der Waals surface area (Å²) in [5, 5.41) is 0. The van der Waals surface area contributed by atoms with Crippen LogP contribution in [0.3, 0.4) is 0 Å². The minimum atomic E-state index is -4.12. The third-order valence-corrected chi connectivity index (χ3v) is 6.02. The highest BCUT2D eigenvalue weighted by Crippen LogP contribution is 2.53. The minimum Gasteiger partial charge on any atom is -0.464 e. The van der Waals surface area contributed by atoms with Crippen LogP contribution in [0.25, 0.3) is 0 Å². The molecule has 3 fully saturated rings. The van der Waals surface area contributed by atoms with Gasteiger partial charge in [-0.25, -0.2) is 0 Å². The van der Waals surface area contributed by atoms with Crippen molar-refractivity contribution in [2.45, 2.75) is 32.1 Å². The van der Waals surface area contributed by atoms with Crippen LogP contribution in [-0.2, 0) is 24.4 Å². The Morgan fingerprint density at radius 3 is 2.71 bits per heavy atom. The molecule has 0 heterocycles. The summed E-state index contributed by atoms with van der Waals surface area (Å²) in [5.41, 5.74) is 0. The fourth-order valence-electron chi connectivity index (χ4n) is 4.44. The number of carbonyl (C=O) groups excluding carboxylic acids is 2. The van der Waals surface area contributed by atoms with E-state index in [4.69, 9.17) is 9.29 Å². The molecule has 0 aromatic carbocycles. The van der Waals surface area contributed by atoms with E-state index in [1.807, 2.05) is 0 Å². The summed E-state index contributed by atoms with van der Waals surface area (Å²) in [6, 6.07) is 0. The molecule has 5 atom stereocenters. The monoisotopic (exact) mass is 316 g/mol. The van der Waals surface area contributed by atoms with Gasteiger partial charge in [0.15, 0.2) is 0 Å². The molecule has 3 aliphatic rings. The summed E-state index contributed by atoms with van der Waals surface area (Å²) in [4.78, 5) is 24.4. The van der Waals surface area contributed by atoms with Gasteiger partial charge in [-0.1, -0.05) is 6.42 Å². The lowest BCUT2D eigenvalue weighted by Gasteiger charge is -2.49. The Morgan fingerprint density at radius 2 is 2.00 bits per heavy atom. The molecule has 21 heavy (non-hydrogen) atoms. The summed E-state index contributed by atoms with van der Waals surface area (Å²) < 4.78 is 34.9. The molecule has 0 aromatic rings. The van der Waals surface area contributed by atoms with Crippen molar-refractivity contribution >= 4 is 21.9 Å². The summed E-state index contributed by atoms with van der Waals surface area (Å²) in [7, 11) is -4.12. The van der Waals surface area contributed by atoms with Crippen molar-refractivity contribution < 1.29 is 27.3 Å². The number of Topliss-reactive ketones (excluding diaryl/α,β-unsaturated/α-hetero) is 1. The van der Waals surface area contributed by atoms with Crippen molar-refractivity contribution in [1.82, 2.24) is 0 Å². The predicted octanol–water partition coefficient (Wildman–Crippen LogP) is 1.06. The van der Waals surface area contributed by atoms with Crippen molar-refractivity contribution in [3.05, 3.63) is 0 Å². The van der Waals surface area contributed by atoms with Crippen LogP contribution in [0.2, 0.25) is 0 Å². The Kier molecular flexibility index (Phi) is 3.81. The first kappa shape index (κ1) is 15.0. The minimum absolute atomic E-state index is 0.00428. The molecular formula is C14H20O6S. The van der Waals surface area contributed by atoms with Gasteiger partial charge in [0.2, 0.25) is 0 Å². The van der Waals surface area contributed by atoms with Gasteiger partial charge in [-0.05, 0) is 37.5 Å². The van der Waals surface area contributed by atoms with Crippen molar-refractivity contribution in [2.75, 3.05) is 12.4 Å². The third-order valence-electron chi connectivity index (χ3n) is 5.34. The molecule has 3 saturated carbocycles. The van der Waals surface area contributed by atoms with Crippen LogP contribution in [0, 0.1) is 29.6 Å². The molecule has 0 radical (unpaired) electrons. The number of ether oxygens (including phenoxy) is 1. The second-order valence-corrected chi connectivity index (χ2v) is 8.15. The van der Waals surface area contributed by atoms with Crippen LogP contribution in [0.15, 0.2) is 0 Å². The van der Waals surface area contributed by atoms with Gasteiger partial charge >= 0.3 is 5.97 Å². The Morgan fingerprint density at radius 1 is 1.24 bits per heavy atom. The third kappa shape index (κ3) is 2.99. The van der Waals surface area contributed by atoms with Crippen LogP contribution >= 0.6 is 0 Å². The molecule has 7 heteroatoms. The van der Waals surface area contributed by atoms with Crippen LogP contribution in [-0.4, -0.2) is 37.1 Å². The van der Waals surface area contributed by atoms with E-state index in [-0.39, 0.29) is 30.3 Å². The zero-order chi connectivity index (χ0) is 15.2. The number of fused-ring (bicyclic) bond motifs is 2. The van der Waals surface area contributed by atoms with Crippen molar-refractivity contribution in [1.29, 1.82) is 0 Å². The zero-order valence-electron chi connectivity index (χ0n) is 11.7. The lowest BCUT2D eigenvalue weighted by molar-refractivity contribution is -0.161. The van der Waals surface area contributed by atoms with E-state index < -0.39 is 21.8 Å². The molecule has 0 spiro atoms. The Hall–Kier alpha value is -0.950. The summed E-state index contributed by atoms with van der Waals surface area (Å²) in [5.74, 6) is -0.303. The number of ketones is 1. The normalized spacial score (nSPS) is 38.3. The molecule has 3 aliphatic carbocycles. The molecule has 3 bridgehead atoms. The highest BCUT2D eigenvalue weighted by atomic mass is 32.2. The van der Waals surface area contributed by atoms with Gasteiger partial charge < -0.3 is 4.74 Å². The molecule has 1 N–H and O–H groups in total. The topological polar surface area (TPSA) is 97.7 Å². The molecule has 0 saturated heterocycles. The van der Waals surface area contributed by atoms with Crippen molar-refractivity contribution in [2.24, 2.45) is 29.6 Å². The first-order valence-electron chi connectivity index (χ1n) is 7.50. The fourth-order valence-corrected chi connectivity index (χ4v) is 4.74. The van der Waals surface area contributed by atoms with Gasteiger partial charge in [0.05, 0.1) is 5.92 Å². The molecule has 0 aliphatic heterocycles. The predicted molar refractivity (Wildman–Crippen MR) is 72.9 cm³/mol. The first-order valence-corrected chi connectivity index (χ1v) is 9.11. The van der Waals surface area contributed by atoms with Gasteiger partial charge in [-0.2, -0.15) is 8.42 Å². The Labute approximate surface area is 124 Å². The SMILES string of the molecule is O=C(OCCS(=O)(=O)O)C1CC2CC3CCC1C(C3)C2=O. The van der Waals surface area contributed by atoms with Crippen molar-refractivity contribution in [3.63, 3.8) is 0 Å². The highest BCUT2D eigenvalue weighted by Gasteiger charge is 2.53. The van der Waals surface area contributed by atoms with E-state index in [0.29, 0.717) is 18.1 Å². The second-order valence-electron chi connectivity index (χ2n) is 6.58. The van der Waals surface area contributed by atoms with E-state index in [9.17, 15) is 18.0 Å². The zero-order valence-corrected chi connectivity index (χ0v) is 12.5. The Balaban J connectivity index is 1.65. The van der Waals surface area contributed by atoms with Crippen LogP contribution in [0.1, 0.15) is 32.1 Å². The summed E-state index contributed by atoms with van der Waals surface area (Å²) >= 11 is 0. The smallest absolute Gasteiger partial charge is 0.309 e. The molecule has 0 amide bonds. The van der Waals surface area contributed by atoms with Gasteiger partial charge in [0.1, 0.15) is 18.1 Å². The van der Waals surface area contributed by atoms with E-state index in [1.165, 1.54) is 0 Å². The number of esters is 1. The molecule has 0 aromatic heterocycles. The standard InChI is InChI=1S/C14H20O6S/c15-13-9-5-8-1-2-10(11(13)6-8)12(7-9)14(16)20-3-4-21(17,18)19/h8-12H,1-7H2,(H,17,18,19). The molecule has 6 nitrogen and oxygen atoms in total. The number of rotatable bonds is 4. The van der Waals surface area contributed by atoms with Crippen molar-refractivity contribution in [3.8, 4) is 0 Å². The second kappa shape index (κ2) is 5.35. The Bertz CT molecular complexity index is 552. The van der Waals surface area contributed by atoms with E-state index in [2.05, 4.69) is 0 Å². The lowest BCUT2D eigenvalue weighted by atomic mass is 9.53. The number of hydrogen-bond donors (Lipinski definition) is 1. The van der Waals surface area contributed by atoms with E-state index >= 15 is 0 Å². The average Bonchev–Trinajstić information content (AvgIpc) is 2.36. The summed E-state index contributed by atoms with van der Waals surface area (Å²) in [6.45, 7) is -0.327. The average molecular weight is 316 g/mol. The van der Waals surface area contributed by atoms with Gasteiger partial charge in [0, 0.05) is 11.8 Å². The van der Waals surface area contributed by atoms with E-state index in [1.54, 1.807) is 0 Å². The highest BCUT2D eigenvalue weighted by molar-refractivity contribution is 7.85. The van der Waals surface area contributed by atoms with Gasteiger partial charge in [0.25, 0.3) is 10.1 Å². The maximum absolute atomic E-state index is 12.2. The van der Waals surface area contributed by atoms with Crippen LogP contribution < -0.4 is 0 Å². The fraction of sp³-hybridized carbons (Fsp3) is 0.857. The maximum Gasteiger partial charge on any atom is 0.309 e. The molecule has 118 valence electrons. The summed E-state index contributed by atoms with van der Waals surface area (Å²) in [6.07, 6.45) is 4.28. The number of hydrogen-bond acceptors (Lipinski definition) is 5. The molecular weight excluding hydrogens is 296 g/mol. The molecule has 5 unspecified atom stereocenters. The first-order chi connectivity index (χ1) is 9.85. The van der Waals surface area contributed by atoms with Crippen LogP contribution in [0.4, 0.5) is 0 Å². The van der Waals surface area contributed by atoms with Gasteiger partial charge in [-0.3, -0.25) is 14.1 Å². The largest absolute Gasteiger partial charge is 0.464 e. The van der Waals surface area contributed by atoms with Crippen LogP contribution in [0.5, 0.6) is 0 Å².